The van der Waals surface area contributed by atoms with Crippen molar-refractivity contribution in [2.24, 2.45) is 5.73 Å². The van der Waals surface area contributed by atoms with Crippen LogP contribution in [0.15, 0.2) is 24.3 Å². The molecule has 1 aromatic carbocycles. The molecule has 0 saturated carbocycles. The molecule has 0 heterocycles. The molecule has 5 heteroatoms. The summed E-state index contributed by atoms with van der Waals surface area (Å²) in [6, 6.07) is 7.53. The molecule has 1 unspecified atom stereocenters. The molecule has 1 rings (SSSR count). The van der Waals surface area contributed by atoms with Crippen LogP contribution >= 0.6 is 0 Å². The third kappa shape index (κ3) is 3.63. The zero-order valence-electron chi connectivity index (χ0n) is 11.1. The number of likely N-dealkylation sites (N-methyl/N-ethyl adjacent to an activating group) is 1. The maximum absolute atomic E-state index is 11.9. The Morgan fingerprint density at radius 1 is 1.50 bits per heavy atom. The lowest BCUT2D eigenvalue weighted by Crippen LogP contribution is -2.42. The lowest BCUT2D eigenvalue weighted by Gasteiger charge is -2.24. The summed E-state index contributed by atoms with van der Waals surface area (Å²) in [4.78, 5) is 13.5. The number of methoxy groups -OCH3 is 1. The molecule has 0 fully saturated rings. The maximum atomic E-state index is 11.9. The van der Waals surface area contributed by atoms with Crippen LogP contribution in [0.3, 0.4) is 0 Å². The molecule has 1 amide bonds. The van der Waals surface area contributed by atoms with Gasteiger partial charge in [0.05, 0.1) is 19.3 Å². The smallest absolute Gasteiger partial charge is 0.241 e. The van der Waals surface area contributed by atoms with Gasteiger partial charge in [-0.15, -0.1) is 0 Å². The monoisotopic (exact) mass is 251 g/mol. The Bertz CT molecular complexity index is 396. The molecule has 0 aliphatic heterocycles. The molecule has 1 aromatic rings. The standard InChI is InChI=1S/C13H21N3O2/c1-10(8-14)16(2)13(17)9-15-11-6-4-5-7-12(11)18-3/h4-7,10,15H,8-9,14H2,1-3H3. The number of nitrogens with zero attached hydrogens (tertiary/aromatic N) is 1. The van der Waals surface area contributed by atoms with Crippen molar-refractivity contribution in [2.75, 3.05) is 32.6 Å². The average Bonchev–Trinajstić information content (AvgIpc) is 2.43. The number of carbonyl (C=O) groups excluding carboxylic acids is 1. The van der Waals surface area contributed by atoms with Crippen molar-refractivity contribution >= 4 is 11.6 Å². The van der Waals surface area contributed by atoms with Gasteiger partial charge < -0.3 is 20.7 Å². The summed E-state index contributed by atoms with van der Waals surface area (Å²) in [5, 5.41) is 3.07. The lowest BCUT2D eigenvalue weighted by atomic mass is 10.2. The maximum Gasteiger partial charge on any atom is 0.241 e. The molecule has 18 heavy (non-hydrogen) atoms. The Hall–Kier alpha value is -1.75. The SMILES string of the molecule is COc1ccccc1NCC(=O)N(C)C(C)CN. The molecule has 5 nitrogen and oxygen atoms in total. The van der Waals surface area contributed by atoms with Crippen molar-refractivity contribution in [3.63, 3.8) is 0 Å². The molecular weight excluding hydrogens is 230 g/mol. The van der Waals surface area contributed by atoms with Crippen molar-refractivity contribution in [3.05, 3.63) is 24.3 Å². The summed E-state index contributed by atoms with van der Waals surface area (Å²) in [6.07, 6.45) is 0. The van der Waals surface area contributed by atoms with Gasteiger partial charge in [-0.05, 0) is 19.1 Å². The van der Waals surface area contributed by atoms with E-state index in [1.807, 2.05) is 31.2 Å². The first kappa shape index (κ1) is 14.3. The van der Waals surface area contributed by atoms with E-state index in [9.17, 15) is 4.79 Å². The Kier molecular flexibility index (Phi) is 5.45. The minimum atomic E-state index is -0.00106. The average molecular weight is 251 g/mol. The van der Waals surface area contributed by atoms with Gasteiger partial charge in [0.25, 0.3) is 0 Å². The summed E-state index contributed by atoms with van der Waals surface area (Å²) in [6.45, 7) is 2.60. The minimum Gasteiger partial charge on any atom is -0.495 e. The van der Waals surface area contributed by atoms with Gasteiger partial charge in [0, 0.05) is 19.6 Å². The molecule has 100 valence electrons. The number of carbonyl (C=O) groups is 1. The Labute approximate surface area is 108 Å². The van der Waals surface area contributed by atoms with Crippen molar-refractivity contribution < 1.29 is 9.53 Å². The summed E-state index contributed by atoms with van der Waals surface area (Å²) >= 11 is 0. The van der Waals surface area contributed by atoms with Gasteiger partial charge in [-0.1, -0.05) is 12.1 Å². The highest BCUT2D eigenvalue weighted by Crippen LogP contribution is 2.22. The number of hydrogen-bond acceptors (Lipinski definition) is 4. The van der Waals surface area contributed by atoms with Gasteiger partial charge in [0.1, 0.15) is 5.75 Å². The second-order valence-electron chi connectivity index (χ2n) is 4.14. The van der Waals surface area contributed by atoms with Gasteiger partial charge in [-0.3, -0.25) is 4.79 Å². The zero-order chi connectivity index (χ0) is 13.5. The van der Waals surface area contributed by atoms with Crippen molar-refractivity contribution in [3.8, 4) is 5.75 Å². The van der Waals surface area contributed by atoms with Crippen molar-refractivity contribution in [1.29, 1.82) is 0 Å². The number of anilines is 1. The number of rotatable bonds is 6. The minimum absolute atomic E-state index is 0.00106. The highest BCUT2D eigenvalue weighted by atomic mass is 16.5. The molecule has 0 bridgehead atoms. The van der Waals surface area contributed by atoms with E-state index in [0.717, 1.165) is 11.4 Å². The van der Waals surface area contributed by atoms with Crippen molar-refractivity contribution in [1.82, 2.24) is 4.90 Å². The quantitative estimate of drug-likeness (QED) is 0.788. The number of nitrogens with two attached hydrogens (primary N) is 1. The topological polar surface area (TPSA) is 67.6 Å². The van der Waals surface area contributed by atoms with Crippen LogP contribution in [0.4, 0.5) is 5.69 Å². The van der Waals surface area contributed by atoms with Gasteiger partial charge in [0.2, 0.25) is 5.91 Å². The molecule has 0 aliphatic carbocycles. The van der Waals surface area contributed by atoms with Crippen LogP contribution in [0.1, 0.15) is 6.92 Å². The van der Waals surface area contributed by atoms with E-state index >= 15 is 0 Å². The predicted octanol–water partition coefficient (Wildman–Crippen LogP) is 0.913. The van der Waals surface area contributed by atoms with Gasteiger partial charge in [0.15, 0.2) is 0 Å². The Morgan fingerprint density at radius 2 is 2.17 bits per heavy atom. The number of nitrogens with one attached hydrogen (secondary N) is 1. The second kappa shape index (κ2) is 6.86. The first-order valence-electron chi connectivity index (χ1n) is 5.92. The number of hydrogen-bond donors (Lipinski definition) is 2. The van der Waals surface area contributed by atoms with Gasteiger partial charge >= 0.3 is 0 Å². The van der Waals surface area contributed by atoms with Gasteiger partial charge in [-0.25, -0.2) is 0 Å². The number of ether oxygens (including phenoxy) is 1. The fourth-order valence-corrected chi connectivity index (χ4v) is 1.49. The normalized spacial score (nSPS) is 11.8. The summed E-state index contributed by atoms with van der Waals surface area (Å²) in [5.41, 5.74) is 6.34. The van der Waals surface area contributed by atoms with Crippen LogP contribution in [0.5, 0.6) is 5.75 Å². The van der Waals surface area contributed by atoms with Crippen LogP contribution < -0.4 is 15.8 Å². The van der Waals surface area contributed by atoms with Crippen molar-refractivity contribution in [2.45, 2.75) is 13.0 Å². The number of para-hydroxylation sites is 2. The molecule has 0 aromatic heterocycles. The third-order valence-corrected chi connectivity index (χ3v) is 2.93. The van der Waals surface area contributed by atoms with Crippen LogP contribution in [0.2, 0.25) is 0 Å². The highest BCUT2D eigenvalue weighted by molar-refractivity contribution is 5.81. The molecule has 0 spiro atoms. The first-order valence-corrected chi connectivity index (χ1v) is 5.92. The molecule has 0 aliphatic rings. The van der Waals surface area contributed by atoms with Gasteiger partial charge in [-0.2, -0.15) is 0 Å². The van der Waals surface area contributed by atoms with E-state index < -0.39 is 0 Å². The van der Waals surface area contributed by atoms with E-state index in [-0.39, 0.29) is 18.5 Å². The fraction of sp³-hybridized carbons (Fsp3) is 0.462. The summed E-state index contributed by atoms with van der Waals surface area (Å²) < 4.78 is 5.20. The largest absolute Gasteiger partial charge is 0.495 e. The molecular formula is C13H21N3O2. The number of amides is 1. The van der Waals surface area contributed by atoms with E-state index in [0.29, 0.717) is 6.54 Å². The van der Waals surface area contributed by atoms with Crippen LogP contribution in [-0.2, 0) is 4.79 Å². The molecule has 1 atom stereocenters. The zero-order valence-corrected chi connectivity index (χ0v) is 11.1. The number of benzene rings is 1. The third-order valence-electron chi connectivity index (χ3n) is 2.93. The predicted molar refractivity (Wildman–Crippen MR) is 72.8 cm³/mol. The Balaban J connectivity index is 2.57. The van der Waals surface area contributed by atoms with Crippen LogP contribution in [-0.4, -0.2) is 44.1 Å². The molecule has 3 N–H and O–H groups in total. The lowest BCUT2D eigenvalue weighted by molar-refractivity contribution is -0.129. The van der Waals surface area contributed by atoms with E-state index in [1.54, 1.807) is 19.1 Å². The second-order valence-corrected chi connectivity index (χ2v) is 4.14. The fourth-order valence-electron chi connectivity index (χ4n) is 1.49. The molecule has 0 radical (unpaired) electrons. The summed E-state index contributed by atoms with van der Waals surface area (Å²) in [5.74, 6) is 0.721. The highest BCUT2D eigenvalue weighted by Gasteiger charge is 2.14. The Morgan fingerprint density at radius 3 is 2.78 bits per heavy atom. The summed E-state index contributed by atoms with van der Waals surface area (Å²) in [7, 11) is 3.36. The van der Waals surface area contributed by atoms with E-state index in [2.05, 4.69) is 5.32 Å². The van der Waals surface area contributed by atoms with Crippen LogP contribution in [0.25, 0.3) is 0 Å². The van der Waals surface area contributed by atoms with E-state index in [1.165, 1.54) is 0 Å². The van der Waals surface area contributed by atoms with E-state index in [4.69, 9.17) is 10.5 Å². The molecule has 0 saturated heterocycles. The van der Waals surface area contributed by atoms with Crippen LogP contribution in [0, 0.1) is 0 Å². The first-order chi connectivity index (χ1) is 8.60.